The van der Waals surface area contributed by atoms with Gasteiger partial charge in [-0.2, -0.15) is 5.26 Å². The molecule has 6 heteroatoms. The summed E-state index contributed by atoms with van der Waals surface area (Å²) in [4.78, 5) is 14.7. The number of nitrogens with zero attached hydrogens (tertiary/aromatic N) is 2. The number of benzene rings is 2. The molecule has 1 saturated heterocycles. The molecule has 0 atom stereocenters. The van der Waals surface area contributed by atoms with Crippen molar-refractivity contribution in [3.63, 3.8) is 0 Å². The van der Waals surface area contributed by atoms with Gasteiger partial charge in [-0.15, -0.1) is 6.42 Å². The van der Waals surface area contributed by atoms with E-state index in [0.717, 1.165) is 18.8 Å². The molecular formula is C23H21N3O3. The Morgan fingerprint density at radius 3 is 2.48 bits per heavy atom. The molecule has 0 saturated carbocycles. The normalized spacial score (nSPS) is 13.9. The number of nitrogens with one attached hydrogen (secondary N) is 1. The van der Waals surface area contributed by atoms with E-state index in [2.05, 4.69) is 16.1 Å². The van der Waals surface area contributed by atoms with E-state index in [1.165, 1.54) is 6.08 Å². The standard InChI is InChI=1S/C23H21N3O3/c1-2-13-29-22-9-3-18(4-10-22)16-19(17-24)23(27)25-20-5-7-21(8-6-20)26-11-14-28-15-12-26/h1,3-10,16H,11-15H2,(H,25,27)/b19-16-. The fraction of sp³-hybridized carbons (Fsp3) is 0.217. The predicted octanol–water partition coefficient (Wildman–Crippen LogP) is 3.08. The number of anilines is 2. The van der Waals surface area contributed by atoms with E-state index >= 15 is 0 Å². The Bertz CT molecular complexity index is 945. The molecule has 3 rings (SSSR count). The number of ether oxygens (including phenoxy) is 2. The second-order valence-corrected chi connectivity index (χ2v) is 6.33. The van der Waals surface area contributed by atoms with Crippen molar-refractivity contribution in [1.29, 1.82) is 5.26 Å². The summed E-state index contributed by atoms with van der Waals surface area (Å²) in [5.74, 6) is 2.56. The van der Waals surface area contributed by atoms with Gasteiger partial charge in [-0.25, -0.2) is 0 Å². The minimum absolute atomic E-state index is 0.0135. The molecule has 1 N–H and O–H groups in total. The van der Waals surface area contributed by atoms with Crippen molar-refractivity contribution in [3.05, 3.63) is 59.7 Å². The molecule has 1 aliphatic rings. The van der Waals surface area contributed by atoms with E-state index in [1.807, 2.05) is 30.3 Å². The minimum Gasteiger partial charge on any atom is -0.481 e. The van der Waals surface area contributed by atoms with Crippen LogP contribution in [0, 0.1) is 23.7 Å². The maximum atomic E-state index is 12.5. The fourth-order valence-corrected chi connectivity index (χ4v) is 2.88. The molecule has 0 spiro atoms. The van der Waals surface area contributed by atoms with Crippen LogP contribution in [0.25, 0.3) is 6.08 Å². The summed E-state index contributed by atoms with van der Waals surface area (Å²) < 4.78 is 10.7. The van der Waals surface area contributed by atoms with Gasteiger partial charge >= 0.3 is 0 Å². The minimum atomic E-state index is -0.459. The largest absolute Gasteiger partial charge is 0.481 e. The number of amides is 1. The van der Waals surface area contributed by atoms with Crippen molar-refractivity contribution in [2.45, 2.75) is 0 Å². The molecule has 1 heterocycles. The average Bonchev–Trinajstić information content (AvgIpc) is 2.78. The second kappa shape index (κ2) is 9.98. The second-order valence-electron chi connectivity index (χ2n) is 6.33. The van der Waals surface area contributed by atoms with Gasteiger partial charge in [0.05, 0.1) is 13.2 Å². The molecule has 1 fully saturated rings. The van der Waals surface area contributed by atoms with Crippen LogP contribution in [0.2, 0.25) is 0 Å². The highest BCUT2D eigenvalue weighted by atomic mass is 16.5. The van der Waals surface area contributed by atoms with E-state index in [-0.39, 0.29) is 12.2 Å². The van der Waals surface area contributed by atoms with Gasteiger partial charge in [0.1, 0.15) is 24.0 Å². The lowest BCUT2D eigenvalue weighted by molar-refractivity contribution is -0.112. The van der Waals surface area contributed by atoms with Crippen molar-refractivity contribution in [2.75, 3.05) is 43.1 Å². The fourth-order valence-electron chi connectivity index (χ4n) is 2.88. The maximum absolute atomic E-state index is 12.5. The smallest absolute Gasteiger partial charge is 0.266 e. The van der Waals surface area contributed by atoms with E-state index in [1.54, 1.807) is 24.3 Å². The van der Waals surface area contributed by atoms with Gasteiger partial charge in [-0.1, -0.05) is 18.1 Å². The van der Waals surface area contributed by atoms with Crippen molar-refractivity contribution in [3.8, 4) is 24.2 Å². The van der Waals surface area contributed by atoms with Gasteiger partial charge in [0.2, 0.25) is 0 Å². The summed E-state index contributed by atoms with van der Waals surface area (Å²) in [7, 11) is 0. The third-order valence-corrected chi connectivity index (χ3v) is 4.38. The van der Waals surface area contributed by atoms with Gasteiger partial charge in [0.25, 0.3) is 5.91 Å². The van der Waals surface area contributed by atoms with E-state index < -0.39 is 5.91 Å². The first kappa shape index (κ1) is 20.0. The number of carbonyl (C=O) groups is 1. The Morgan fingerprint density at radius 2 is 1.86 bits per heavy atom. The number of hydrogen-bond donors (Lipinski definition) is 1. The quantitative estimate of drug-likeness (QED) is 0.468. The Kier molecular flexibility index (Phi) is 6.89. The van der Waals surface area contributed by atoms with Gasteiger partial charge in [0, 0.05) is 24.5 Å². The van der Waals surface area contributed by atoms with Crippen molar-refractivity contribution in [2.24, 2.45) is 0 Å². The molecule has 29 heavy (non-hydrogen) atoms. The summed E-state index contributed by atoms with van der Waals surface area (Å²) in [5.41, 5.74) is 2.44. The molecule has 2 aromatic carbocycles. The zero-order valence-electron chi connectivity index (χ0n) is 15.9. The summed E-state index contributed by atoms with van der Waals surface area (Å²) >= 11 is 0. The van der Waals surface area contributed by atoms with Crippen molar-refractivity contribution >= 4 is 23.4 Å². The molecule has 1 aliphatic heterocycles. The first-order valence-electron chi connectivity index (χ1n) is 9.22. The molecule has 1 amide bonds. The van der Waals surface area contributed by atoms with Crippen LogP contribution >= 0.6 is 0 Å². The molecule has 0 radical (unpaired) electrons. The monoisotopic (exact) mass is 387 g/mol. The zero-order chi connectivity index (χ0) is 20.5. The van der Waals surface area contributed by atoms with Crippen LogP contribution in [0.1, 0.15) is 5.56 Å². The van der Waals surface area contributed by atoms with E-state index in [4.69, 9.17) is 15.9 Å². The van der Waals surface area contributed by atoms with Gasteiger partial charge < -0.3 is 19.7 Å². The summed E-state index contributed by atoms with van der Waals surface area (Å²) in [5, 5.41) is 12.1. The summed E-state index contributed by atoms with van der Waals surface area (Å²) in [6.45, 7) is 3.31. The maximum Gasteiger partial charge on any atom is 0.266 e. The van der Waals surface area contributed by atoms with Crippen molar-refractivity contribution < 1.29 is 14.3 Å². The zero-order valence-corrected chi connectivity index (χ0v) is 15.9. The van der Waals surface area contributed by atoms with Crippen LogP contribution in [0.15, 0.2) is 54.1 Å². The molecule has 6 nitrogen and oxygen atoms in total. The molecule has 0 unspecified atom stereocenters. The lowest BCUT2D eigenvalue weighted by Gasteiger charge is -2.28. The molecule has 0 aromatic heterocycles. The Hall–Kier alpha value is -3.74. The van der Waals surface area contributed by atoms with E-state index in [9.17, 15) is 10.1 Å². The predicted molar refractivity (Wildman–Crippen MR) is 112 cm³/mol. The number of rotatable bonds is 6. The Balaban J connectivity index is 1.64. The van der Waals surface area contributed by atoms with Crippen LogP contribution in [-0.4, -0.2) is 38.8 Å². The van der Waals surface area contributed by atoms with Gasteiger partial charge in [-0.05, 0) is 48.0 Å². The third kappa shape index (κ3) is 5.62. The summed E-state index contributed by atoms with van der Waals surface area (Å²) in [6, 6.07) is 16.5. The topological polar surface area (TPSA) is 74.6 Å². The highest BCUT2D eigenvalue weighted by molar-refractivity contribution is 6.09. The van der Waals surface area contributed by atoms with Crippen LogP contribution < -0.4 is 15.0 Å². The van der Waals surface area contributed by atoms with Crippen LogP contribution in [0.4, 0.5) is 11.4 Å². The summed E-state index contributed by atoms with van der Waals surface area (Å²) in [6.07, 6.45) is 6.69. The molecule has 2 aromatic rings. The van der Waals surface area contributed by atoms with Crippen LogP contribution in [0.3, 0.4) is 0 Å². The number of hydrogen-bond acceptors (Lipinski definition) is 5. The van der Waals surface area contributed by atoms with E-state index in [0.29, 0.717) is 30.2 Å². The first-order valence-corrected chi connectivity index (χ1v) is 9.22. The first-order chi connectivity index (χ1) is 14.2. The lowest BCUT2D eigenvalue weighted by Crippen LogP contribution is -2.36. The van der Waals surface area contributed by atoms with Crippen LogP contribution in [0.5, 0.6) is 5.75 Å². The van der Waals surface area contributed by atoms with Gasteiger partial charge in [0.15, 0.2) is 0 Å². The highest BCUT2D eigenvalue weighted by Crippen LogP contribution is 2.20. The molecular weight excluding hydrogens is 366 g/mol. The van der Waals surface area contributed by atoms with Gasteiger partial charge in [-0.3, -0.25) is 4.79 Å². The number of carbonyl (C=O) groups excluding carboxylic acids is 1. The molecule has 146 valence electrons. The lowest BCUT2D eigenvalue weighted by atomic mass is 10.1. The number of nitriles is 1. The Morgan fingerprint density at radius 1 is 1.17 bits per heavy atom. The van der Waals surface area contributed by atoms with Crippen molar-refractivity contribution in [1.82, 2.24) is 0 Å². The molecule has 0 aliphatic carbocycles. The molecule has 0 bridgehead atoms. The van der Waals surface area contributed by atoms with Crippen LogP contribution in [-0.2, 0) is 9.53 Å². The third-order valence-electron chi connectivity index (χ3n) is 4.38. The number of morpholine rings is 1. The SMILES string of the molecule is C#CCOc1ccc(/C=C(/C#N)C(=O)Nc2ccc(N3CCOCC3)cc2)cc1. The Labute approximate surface area is 170 Å². The average molecular weight is 387 g/mol. The highest BCUT2D eigenvalue weighted by Gasteiger charge is 2.12. The number of terminal acetylenes is 1.